The third-order valence-electron chi connectivity index (χ3n) is 5.15. The van der Waals surface area contributed by atoms with E-state index in [1.165, 1.54) is 0 Å². The molecule has 0 saturated heterocycles. The third kappa shape index (κ3) is 2.20. The highest BCUT2D eigenvalue weighted by Crippen LogP contribution is 2.39. The fourth-order valence-corrected chi connectivity index (χ4v) is 3.99. The van der Waals surface area contributed by atoms with E-state index in [4.69, 9.17) is 26.9 Å². The van der Waals surface area contributed by atoms with Gasteiger partial charge in [-0.05, 0) is 34.6 Å². The number of imidazole rings is 1. The summed E-state index contributed by atoms with van der Waals surface area (Å²) in [5.41, 5.74) is 11.4. The molecule has 6 aromatic rings. The van der Waals surface area contributed by atoms with Gasteiger partial charge in [0.2, 0.25) is 11.3 Å². The van der Waals surface area contributed by atoms with Gasteiger partial charge in [-0.25, -0.2) is 19.6 Å². The summed E-state index contributed by atoms with van der Waals surface area (Å²) in [6, 6.07) is 15.3. The average Bonchev–Trinajstić information content (AvgIpc) is 3.41. The lowest BCUT2D eigenvalue weighted by atomic mass is 10.2. The molecule has 0 fully saturated rings. The van der Waals surface area contributed by atoms with Crippen LogP contribution in [0.1, 0.15) is 0 Å². The molecule has 0 unspecified atom stereocenters. The molecule has 4 heterocycles. The summed E-state index contributed by atoms with van der Waals surface area (Å²) in [5, 5.41) is 8.18. The average molecular weight is 417 g/mol. The van der Waals surface area contributed by atoms with Crippen molar-refractivity contribution in [1.29, 1.82) is 0 Å². The molecule has 10 heteroatoms. The Morgan fingerprint density at radius 3 is 2.47 bits per heavy atom. The number of anilines is 1. The number of benzene rings is 2. The van der Waals surface area contributed by atoms with Crippen LogP contribution in [0.3, 0.4) is 0 Å². The lowest BCUT2D eigenvalue weighted by molar-refractivity contribution is 0.314. The quantitative estimate of drug-likeness (QED) is 0.457. The van der Waals surface area contributed by atoms with E-state index in [0.29, 0.717) is 44.7 Å². The Labute approximate surface area is 173 Å². The van der Waals surface area contributed by atoms with Gasteiger partial charge in [0.25, 0.3) is 0 Å². The monoisotopic (exact) mass is 416 g/mol. The fraction of sp³-hybridized carbons (Fsp3) is 0.0500. The first-order valence-electron chi connectivity index (χ1n) is 9.10. The minimum Gasteiger partial charge on any atom is -0.384 e. The highest BCUT2D eigenvalue weighted by Gasteiger charge is 2.26. The standard InChI is InChI=1S/C20H13ClN8O/c1-28-13-9-5-3-7-11(13)23-19(28)14-15-20(25-18-17(24-15)26-30-27-18)29(16(14)22)12-8-4-2-6-10(12)21/h2-9H,22H2,1H3. The summed E-state index contributed by atoms with van der Waals surface area (Å²) in [6.07, 6.45) is 0. The van der Waals surface area contributed by atoms with E-state index in [2.05, 4.69) is 20.3 Å². The first-order valence-corrected chi connectivity index (χ1v) is 9.48. The molecule has 0 amide bonds. The molecule has 0 spiro atoms. The minimum absolute atomic E-state index is 0.282. The van der Waals surface area contributed by atoms with Crippen molar-refractivity contribution < 1.29 is 4.63 Å². The summed E-state index contributed by atoms with van der Waals surface area (Å²) in [7, 11) is 1.94. The number of fused-ring (bicyclic) bond motifs is 3. The molecular weight excluding hydrogens is 404 g/mol. The van der Waals surface area contributed by atoms with Gasteiger partial charge in [-0.1, -0.05) is 35.9 Å². The van der Waals surface area contributed by atoms with Crippen LogP contribution in [-0.4, -0.2) is 34.4 Å². The van der Waals surface area contributed by atoms with E-state index in [9.17, 15) is 0 Å². The van der Waals surface area contributed by atoms with Gasteiger partial charge in [-0.2, -0.15) is 0 Å². The Kier molecular flexibility index (Phi) is 3.39. The minimum atomic E-state index is 0.282. The number of hydrogen-bond acceptors (Lipinski definition) is 7. The molecule has 0 radical (unpaired) electrons. The smallest absolute Gasteiger partial charge is 0.245 e. The lowest BCUT2D eigenvalue weighted by Gasteiger charge is -2.09. The Hall–Kier alpha value is -3.98. The second-order valence-electron chi connectivity index (χ2n) is 6.84. The highest BCUT2D eigenvalue weighted by atomic mass is 35.5. The van der Waals surface area contributed by atoms with Gasteiger partial charge in [0.1, 0.15) is 17.2 Å². The predicted octanol–water partition coefficient (Wildman–Crippen LogP) is 3.75. The number of rotatable bonds is 2. The molecule has 2 aromatic carbocycles. The van der Waals surface area contributed by atoms with Crippen LogP contribution in [0.15, 0.2) is 53.2 Å². The number of nitrogen functional groups attached to an aromatic ring is 1. The Balaban J connectivity index is 1.79. The number of hydrogen-bond donors (Lipinski definition) is 1. The van der Waals surface area contributed by atoms with Gasteiger partial charge in [0, 0.05) is 7.05 Å². The van der Waals surface area contributed by atoms with Gasteiger partial charge < -0.3 is 10.3 Å². The SMILES string of the molecule is Cn1c(-c2c(N)n(-c3ccccc3Cl)c3nc4nonc4nc23)nc2ccccc21. The van der Waals surface area contributed by atoms with E-state index >= 15 is 0 Å². The van der Waals surface area contributed by atoms with E-state index in [1.54, 1.807) is 10.6 Å². The van der Waals surface area contributed by atoms with Crippen molar-refractivity contribution in [3.05, 3.63) is 53.6 Å². The van der Waals surface area contributed by atoms with E-state index < -0.39 is 0 Å². The molecule has 30 heavy (non-hydrogen) atoms. The second kappa shape index (κ2) is 6.01. The molecular formula is C20H13ClN8O. The van der Waals surface area contributed by atoms with Crippen LogP contribution >= 0.6 is 11.6 Å². The van der Waals surface area contributed by atoms with Gasteiger partial charge >= 0.3 is 0 Å². The molecule has 0 aliphatic carbocycles. The van der Waals surface area contributed by atoms with Crippen LogP contribution in [0.2, 0.25) is 5.02 Å². The van der Waals surface area contributed by atoms with Crippen LogP contribution in [0.4, 0.5) is 5.82 Å². The number of nitrogens with zero attached hydrogens (tertiary/aromatic N) is 7. The van der Waals surface area contributed by atoms with Crippen LogP contribution < -0.4 is 5.73 Å². The number of nitrogens with two attached hydrogens (primary N) is 1. The molecule has 6 rings (SSSR count). The van der Waals surface area contributed by atoms with Gasteiger partial charge in [0.15, 0.2) is 5.65 Å². The van der Waals surface area contributed by atoms with Gasteiger partial charge in [-0.15, -0.1) is 0 Å². The topological polar surface area (TPSA) is 113 Å². The number of para-hydroxylation sites is 3. The van der Waals surface area contributed by atoms with Crippen LogP contribution in [0.5, 0.6) is 0 Å². The summed E-state index contributed by atoms with van der Waals surface area (Å²) < 4.78 is 8.54. The number of aryl methyl sites for hydroxylation is 1. The van der Waals surface area contributed by atoms with Crippen molar-refractivity contribution in [2.75, 3.05) is 5.73 Å². The molecule has 4 aromatic heterocycles. The number of aromatic nitrogens is 7. The third-order valence-corrected chi connectivity index (χ3v) is 5.47. The summed E-state index contributed by atoms with van der Waals surface area (Å²) in [5.74, 6) is 1.08. The van der Waals surface area contributed by atoms with Crippen molar-refractivity contribution in [3.8, 4) is 17.1 Å². The Morgan fingerprint density at radius 2 is 1.67 bits per heavy atom. The first-order chi connectivity index (χ1) is 14.6. The van der Waals surface area contributed by atoms with Crippen molar-refractivity contribution >= 4 is 50.9 Å². The molecule has 0 bridgehead atoms. The van der Waals surface area contributed by atoms with Gasteiger partial charge in [0.05, 0.1) is 27.3 Å². The lowest BCUT2D eigenvalue weighted by Crippen LogP contribution is -2.03. The zero-order valence-electron chi connectivity index (χ0n) is 15.6. The number of halogens is 1. The van der Waals surface area contributed by atoms with Crippen molar-refractivity contribution in [2.24, 2.45) is 7.05 Å². The summed E-state index contributed by atoms with van der Waals surface area (Å²) >= 11 is 6.49. The van der Waals surface area contributed by atoms with Crippen LogP contribution in [0, 0.1) is 0 Å². The van der Waals surface area contributed by atoms with Crippen molar-refractivity contribution in [3.63, 3.8) is 0 Å². The molecule has 0 aliphatic heterocycles. The maximum atomic E-state index is 6.68. The molecule has 2 N–H and O–H groups in total. The molecule has 0 atom stereocenters. The molecule has 9 nitrogen and oxygen atoms in total. The highest BCUT2D eigenvalue weighted by molar-refractivity contribution is 6.32. The summed E-state index contributed by atoms with van der Waals surface area (Å²) in [6.45, 7) is 0. The Morgan fingerprint density at radius 1 is 0.933 bits per heavy atom. The van der Waals surface area contributed by atoms with Crippen molar-refractivity contribution in [2.45, 2.75) is 0 Å². The maximum absolute atomic E-state index is 6.68. The van der Waals surface area contributed by atoms with Gasteiger partial charge in [-0.3, -0.25) is 4.57 Å². The first kappa shape index (κ1) is 16.9. The molecule has 0 aliphatic rings. The van der Waals surface area contributed by atoms with Crippen LogP contribution in [0.25, 0.3) is 50.6 Å². The zero-order valence-corrected chi connectivity index (χ0v) is 16.4. The maximum Gasteiger partial charge on any atom is 0.245 e. The van der Waals surface area contributed by atoms with E-state index in [0.717, 1.165) is 11.0 Å². The zero-order chi connectivity index (χ0) is 20.4. The Bertz CT molecular complexity index is 1600. The summed E-state index contributed by atoms with van der Waals surface area (Å²) in [4.78, 5) is 14.0. The predicted molar refractivity (Wildman–Crippen MR) is 113 cm³/mol. The largest absolute Gasteiger partial charge is 0.384 e. The normalized spacial score (nSPS) is 11.8. The molecule has 0 saturated carbocycles. The molecule has 146 valence electrons. The van der Waals surface area contributed by atoms with E-state index in [-0.39, 0.29) is 5.65 Å². The van der Waals surface area contributed by atoms with Crippen LogP contribution in [-0.2, 0) is 7.05 Å². The fourth-order valence-electron chi connectivity index (χ4n) is 3.77. The van der Waals surface area contributed by atoms with Crippen molar-refractivity contribution in [1.82, 2.24) is 34.4 Å². The second-order valence-corrected chi connectivity index (χ2v) is 7.24. The van der Waals surface area contributed by atoms with E-state index in [1.807, 2.05) is 54.1 Å².